The Kier molecular flexibility index (Phi) is 5.77. The summed E-state index contributed by atoms with van der Waals surface area (Å²) in [6.07, 6.45) is 9.68. The first-order valence-electron chi connectivity index (χ1n) is 6.95. The number of hydrogen-bond donors (Lipinski definition) is 1. The molecule has 0 heterocycles. The molecule has 0 unspecified atom stereocenters. The molecule has 2 N–H and O–H groups in total. The van der Waals surface area contributed by atoms with Gasteiger partial charge in [0.05, 0.1) is 0 Å². The zero-order chi connectivity index (χ0) is 12.0. The molecule has 1 saturated carbocycles. The van der Waals surface area contributed by atoms with E-state index < -0.39 is 0 Å². The predicted molar refractivity (Wildman–Crippen MR) is 71.6 cm³/mol. The Morgan fingerprint density at radius 3 is 2.38 bits per heavy atom. The average molecular weight is 226 g/mol. The van der Waals surface area contributed by atoms with Crippen molar-refractivity contribution in [1.82, 2.24) is 4.90 Å². The molecule has 0 aliphatic heterocycles. The molecule has 0 aromatic heterocycles. The van der Waals surface area contributed by atoms with Crippen molar-refractivity contribution in [2.45, 2.75) is 64.8 Å². The van der Waals surface area contributed by atoms with Gasteiger partial charge < -0.3 is 10.6 Å². The molecule has 0 spiro atoms. The molecule has 0 amide bonds. The molecule has 0 saturated heterocycles. The fourth-order valence-corrected chi connectivity index (χ4v) is 2.61. The molecule has 16 heavy (non-hydrogen) atoms. The Hall–Kier alpha value is -0.0800. The zero-order valence-electron chi connectivity index (χ0n) is 11.5. The molecular weight excluding hydrogens is 196 g/mol. The third-order valence-corrected chi connectivity index (χ3v) is 4.12. The van der Waals surface area contributed by atoms with E-state index in [0.717, 1.165) is 12.6 Å². The Morgan fingerprint density at radius 2 is 1.81 bits per heavy atom. The largest absolute Gasteiger partial charge is 0.330 e. The zero-order valence-corrected chi connectivity index (χ0v) is 11.5. The van der Waals surface area contributed by atoms with Crippen LogP contribution in [0.1, 0.15) is 58.8 Å². The lowest BCUT2D eigenvalue weighted by molar-refractivity contribution is 0.180. The van der Waals surface area contributed by atoms with Crippen LogP contribution in [0.2, 0.25) is 0 Å². The van der Waals surface area contributed by atoms with E-state index in [1.165, 1.54) is 51.5 Å². The van der Waals surface area contributed by atoms with Crippen LogP contribution in [0.15, 0.2) is 0 Å². The molecule has 1 aliphatic carbocycles. The smallest absolute Gasteiger partial charge is 0.00922 e. The van der Waals surface area contributed by atoms with Crippen molar-refractivity contribution in [3.05, 3.63) is 0 Å². The highest BCUT2D eigenvalue weighted by Crippen LogP contribution is 2.24. The van der Waals surface area contributed by atoms with E-state index in [9.17, 15) is 0 Å². The molecule has 1 fully saturated rings. The van der Waals surface area contributed by atoms with Crippen LogP contribution in [0.3, 0.4) is 0 Å². The highest BCUT2D eigenvalue weighted by molar-refractivity contribution is 4.75. The van der Waals surface area contributed by atoms with Gasteiger partial charge in [0.1, 0.15) is 0 Å². The van der Waals surface area contributed by atoms with Crippen LogP contribution in [-0.4, -0.2) is 31.1 Å². The second-order valence-corrected chi connectivity index (χ2v) is 6.24. The van der Waals surface area contributed by atoms with Gasteiger partial charge in [-0.15, -0.1) is 0 Å². The third-order valence-electron chi connectivity index (χ3n) is 4.12. The summed E-state index contributed by atoms with van der Waals surface area (Å²) in [6.45, 7) is 6.59. The maximum Gasteiger partial charge on any atom is 0.00922 e. The number of nitrogens with two attached hydrogens (primary N) is 1. The Balaban J connectivity index is 2.16. The lowest BCUT2D eigenvalue weighted by Gasteiger charge is -2.32. The minimum Gasteiger partial charge on any atom is -0.330 e. The molecule has 0 aromatic carbocycles. The van der Waals surface area contributed by atoms with E-state index >= 15 is 0 Å². The Morgan fingerprint density at radius 1 is 1.19 bits per heavy atom. The minimum atomic E-state index is 0.327. The van der Waals surface area contributed by atoms with Crippen molar-refractivity contribution in [3.8, 4) is 0 Å². The summed E-state index contributed by atoms with van der Waals surface area (Å²) in [5.74, 6) is 0. The quantitative estimate of drug-likeness (QED) is 0.754. The standard InChI is InChI=1S/C14H30N2/c1-14(2,12-15)10-7-11-16(3)13-8-5-4-6-9-13/h13H,4-12,15H2,1-3H3. The van der Waals surface area contributed by atoms with Crippen molar-refractivity contribution in [3.63, 3.8) is 0 Å². The summed E-state index contributed by atoms with van der Waals surface area (Å²) < 4.78 is 0. The van der Waals surface area contributed by atoms with Gasteiger partial charge in [-0.05, 0) is 51.2 Å². The molecule has 2 nitrogen and oxygen atoms in total. The number of rotatable bonds is 6. The highest BCUT2D eigenvalue weighted by Gasteiger charge is 2.19. The lowest BCUT2D eigenvalue weighted by Crippen LogP contribution is -2.35. The maximum atomic E-state index is 5.75. The van der Waals surface area contributed by atoms with Gasteiger partial charge in [-0.25, -0.2) is 0 Å². The predicted octanol–water partition coefficient (Wildman–Crippen LogP) is 3.02. The van der Waals surface area contributed by atoms with Crippen LogP contribution in [0.5, 0.6) is 0 Å². The maximum absolute atomic E-state index is 5.75. The van der Waals surface area contributed by atoms with Crippen molar-refractivity contribution >= 4 is 0 Å². The second-order valence-electron chi connectivity index (χ2n) is 6.24. The van der Waals surface area contributed by atoms with Gasteiger partial charge in [0.15, 0.2) is 0 Å². The monoisotopic (exact) mass is 226 g/mol. The van der Waals surface area contributed by atoms with E-state index in [2.05, 4.69) is 25.8 Å². The minimum absolute atomic E-state index is 0.327. The van der Waals surface area contributed by atoms with Crippen LogP contribution in [0.25, 0.3) is 0 Å². The highest BCUT2D eigenvalue weighted by atomic mass is 15.1. The van der Waals surface area contributed by atoms with Gasteiger partial charge in [-0.3, -0.25) is 0 Å². The van der Waals surface area contributed by atoms with Crippen LogP contribution in [0, 0.1) is 5.41 Å². The molecule has 0 bridgehead atoms. The molecular formula is C14H30N2. The Labute approximate surface area is 102 Å². The fraction of sp³-hybridized carbons (Fsp3) is 1.00. The first-order chi connectivity index (χ1) is 7.55. The summed E-state index contributed by atoms with van der Waals surface area (Å²) in [4.78, 5) is 2.58. The molecule has 0 radical (unpaired) electrons. The molecule has 1 aliphatic rings. The van der Waals surface area contributed by atoms with Gasteiger partial charge in [-0.2, -0.15) is 0 Å². The van der Waals surface area contributed by atoms with Crippen molar-refractivity contribution in [2.24, 2.45) is 11.1 Å². The summed E-state index contributed by atoms with van der Waals surface area (Å²) in [5.41, 5.74) is 6.08. The summed E-state index contributed by atoms with van der Waals surface area (Å²) in [7, 11) is 2.30. The van der Waals surface area contributed by atoms with Gasteiger partial charge in [-0.1, -0.05) is 33.1 Å². The normalized spacial score (nSPS) is 19.3. The van der Waals surface area contributed by atoms with Crippen LogP contribution >= 0.6 is 0 Å². The van der Waals surface area contributed by atoms with Crippen molar-refractivity contribution in [2.75, 3.05) is 20.1 Å². The molecule has 2 heteroatoms. The molecule has 1 rings (SSSR count). The van der Waals surface area contributed by atoms with Gasteiger partial charge >= 0.3 is 0 Å². The topological polar surface area (TPSA) is 29.3 Å². The number of nitrogens with zero attached hydrogens (tertiary/aromatic N) is 1. The van der Waals surface area contributed by atoms with Crippen LogP contribution in [-0.2, 0) is 0 Å². The Bertz CT molecular complexity index is 183. The first-order valence-corrected chi connectivity index (χ1v) is 6.95. The second kappa shape index (κ2) is 6.61. The van der Waals surface area contributed by atoms with E-state index in [4.69, 9.17) is 5.73 Å². The van der Waals surface area contributed by atoms with Crippen LogP contribution in [0.4, 0.5) is 0 Å². The summed E-state index contributed by atoms with van der Waals surface area (Å²) in [6, 6.07) is 0.856. The van der Waals surface area contributed by atoms with E-state index in [1.807, 2.05) is 0 Å². The lowest BCUT2D eigenvalue weighted by atomic mass is 9.87. The number of hydrogen-bond acceptors (Lipinski definition) is 2. The van der Waals surface area contributed by atoms with E-state index in [0.29, 0.717) is 5.41 Å². The van der Waals surface area contributed by atoms with Crippen molar-refractivity contribution in [1.29, 1.82) is 0 Å². The first kappa shape index (κ1) is 14.0. The molecule has 0 atom stereocenters. The summed E-state index contributed by atoms with van der Waals surface area (Å²) >= 11 is 0. The van der Waals surface area contributed by atoms with Gasteiger partial charge in [0, 0.05) is 6.04 Å². The third kappa shape index (κ3) is 4.84. The van der Waals surface area contributed by atoms with E-state index in [1.54, 1.807) is 0 Å². The average Bonchev–Trinajstić information content (AvgIpc) is 2.30. The van der Waals surface area contributed by atoms with Gasteiger partial charge in [0.2, 0.25) is 0 Å². The molecule has 0 aromatic rings. The summed E-state index contributed by atoms with van der Waals surface area (Å²) in [5, 5.41) is 0. The van der Waals surface area contributed by atoms with Gasteiger partial charge in [0.25, 0.3) is 0 Å². The van der Waals surface area contributed by atoms with Crippen LogP contribution < -0.4 is 5.73 Å². The van der Waals surface area contributed by atoms with Crippen molar-refractivity contribution < 1.29 is 0 Å². The SMILES string of the molecule is CN(CCCC(C)(C)CN)C1CCCCC1. The van der Waals surface area contributed by atoms with E-state index in [-0.39, 0.29) is 0 Å². The fourth-order valence-electron chi connectivity index (χ4n) is 2.61. The molecule has 96 valence electrons.